The van der Waals surface area contributed by atoms with Crippen molar-refractivity contribution in [3.8, 4) is 17.1 Å². The summed E-state index contributed by atoms with van der Waals surface area (Å²) in [6.07, 6.45) is 1.72. The number of hydrogen-bond acceptors (Lipinski definition) is 6. The van der Waals surface area contributed by atoms with E-state index in [0.29, 0.717) is 11.8 Å². The van der Waals surface area contributed by atoms with Crippen molar-refractivity contribution in [3.63, 3.8) is 0 Å². The first-order valence-electron chi connectivity index (χ1n) is 9.12. The molecular formula is C21H24N4O2. The Morgan fingerprint density at radius 3 is 2.56 bits per heavy atom. The van der Waals surface area contributed by atoms with Gasteiger partial charge in [-0.05, 0) is 43.4 Å². The van der Waals surface area contributed by atoms with Crippen LogP contribution in [0.3, 0.4) is 0 Å². The third-order valence-corrected chi connectivity index (χ3v) is 4.85. The zero-order chi connectivity index (χ0) is 18.6. The summed E-state index contributed by atoms with van der Waals surface area (Å²) in [7, 11) is 3.82. The summed E-state index contributed by atoms with van der Waals surface area (Å²) in [6.45, 7) is 4.33. The van der Waals surface area contributed by atoms with E-state index in [9.17, 15) is 0 Å². The number of nitrogens with zero attached hydrogens (tertiary/aromatic N) is 3. The lowest BCUT2D eigenvalue weighted by Crippen LogP contribution is -2.44. The standard InChI is InChI=1S/C21H24N4O2/c1-24-10-12-25(13-11-24)18-8-6-17(7-9-18)23-21-22-15-20(27-21)16-4-3-5-19(14-16)26-2/h3-9,14-15H,10-13H2,1-2H3,(H,22,23). The fourth-order valence-electron chi connectivity index (χ4n) is 3.19. The highest BCUT2D eigenvalue weighted by Gasteiger charge is 2.14. The smallest absolute Gasteiger partial charge is 0.299 e. The van der Waals surface area contributed by atoms with Gasteiger partial charge in [0, 0.05) is 43.1 Å². The molecule has 3 aromatic rings. The fraction of sp³-hybridized carbons (Fsp3) is 0.286. The van der Waals surface area contributed by atoms with E-state index in [1.807, 2.05) is 24.3 Å². The number of benzene rings is 2. The molecule has 0 saturated carbocycles. The molecule has 0 radical (unpaired) electrons. The number of oxazole rings is 1. The number of rotatable bonds is 5. The Hall–Kier alpha value is -2.99. The van der Waals surface area contributed by atoms with Crippen LogP contribution in [-0.4, -0.2) is 50.2 Å². The maximum Gasteiger partial charge on any atom is 0.299 e. The lowest BCUT2D eigenvalue weighted by atomic mass is 10.2. The minimum atomic E-state index is 0.472. The molecule has 140 valence electrons. The summed E-state index contributed by atoms with van der Waals surface area (Å²) in [6, 6.07) is 16.6. The van der Waals surface area contributed by atoms with Crippen LogP contribution in [0.2, 0.25) is 0 Å². The van der Waals surface area contributed by atoms with Gasteiger partial charge in [0.2, 0.25) is 0 Å². The van der Waals surface area contributed by atoms with Crippen LogP contribution >= 0.6 is 0 Å². The van der Waals surface area contributed by atoms with Crippen molar-refractivity contribution in [1.82, 2.24) is 9.88 Å². The van der Waals surface area contributed by atoms with E-state index in [4.69, 9.17) is 9.15 Å². The molecule has 0 bridgehead atoms. The molecule has 0 spiro atoms. The number of anilines is 3. The van der Waals surface area contributed by atoms with Crippen LogP contribution in [-0.2, 0) is 0 Å². The average molecular weight is 364 g/mol. The van der Waals surface area contributed by atoms with Crippen molar-refractivity contribution in [2.24, 2.45) is 0 Å². The average Bonchev–Trinajstić information content (AvgIpc) is 3.18. The Morgan fingerprint density at radius 2 is 1.81 bits per heavy atom. The van der Waals surface area contributed by atoms with E-state index in [-0.39, 0.29) is 0 Å². The number of hydrogen-bond donors (Lipinski definition) is 1. The minimum Gasteiger partial charge on any atom is -0.497 e. The van der Waals surface area contributed by atoms with Gasteiger partial charge in [-0.2, -0.15) is 0 Å². The molecule has 6 heteroatoms. The minimum absolute atomic E-state index is 0.472. The van der Waals surface area contributed by atoms with Crippen molar-refractivity contribution in [2.75, 3.05) is 50.6 Å². The summed E-state index contributed by atoms with van der Waals surface area (Å²) in [5.74, 6) is 1.49. The van der Waals surface area contributed by atoms with Crippen molar-refractivity contribution < 1.29 is 9.15 Å². The first kappa shape index (κ1) is 17.4. The van der Waals surface area contributed by atoms with Gasteiger partial charge < -0.3 is 24.3 Å². The fourth-order valence-corrected chi connectivity index (χ4v) is 3.19. The van der Waals surface area contributed by atoms with Gasteiger partial charge in [0.05, 0.1) is 13.3 Å². The highest BCUT2D eigenvalue weighted by atomic mass is 16.5. The highest BCUT2D eigenvalue weighted by molar-refractivity contribution is 5.62. The lowest BCUT2D eigenvalue weighted by molar-refractivity contribution is 0.313. The van der Waals surface area contributed by atoms with E-state index >= 15 is 0 Å². The van der Waals surface area contributed by atoms with Gasteiger partial charge in [0.25, 0.3) is 6.01 Å². The predicted molar refractivity (Wildman–Crippen MR) is 108 cm³/mol. The summed E-state index contributed by atoms with van der Waals surface area (Å²) in [4.78, 5) is 9.10. The van der Waals surface area contributed by atoms with Gasteiger partial charge in [-0.3, -0.25) is 0 Å². The van der Waals surface area contributed by atoms with E-state index in [1.165, 1.54) is 5.69 Å². The van der Waals surface area contributed by atoms with E-state index in [2.05, 4.69) is 51.4 Å². The molecule has 0 atom stereocenters. The first-order chi connectivity index (χ1) is 13.2. The largest absolute Gasteiger partial charge is 0.497 e. The second-order valence-corrected chi connectivity index (χ2v) is 6.72. The normalized spacial score (nSPS) is 15.0. The Kier molecular flexibility index (Phi) is 4.98. The number of methoxy groups -OCH3 is 1. The maximum atomic E-state index is 5.84. The summed E-state index contributed by atoms with van der Waals surface area (Å²) >= 11 is 0. The van der Waals surface area contributed by atoms with Crippen LogP contribution in [0, 0.1) is 0 Å². The summed E-state index contributed by atoms with van der Waals surface area (Å²) in [5, 5.41) is 3.22. The van der Waals surface area contributed by atoms with Crippen LogP contribution in [0.5, 0.6) is 5.75 Å². The molecule has 1 aliphatic rings. The topological polar surface area (TPSA) is 53.8 Å². The SMILES string of the molecule is COc1cccc(-c2cnc(Nc3ccc(N4CCN(C)CC4)cc3)o2)c1. The monoisotopic (exact) mass is 364 g/mol. The van der Waals surface area contributed by atoms with Crippen molar-refractivity contribution in [3.05, 3.63) is 54.7 Å². The van der Waals surface area contributed by atoms with Crippen LogP contribution in [0.1, 0.15) is 0 Å². The third kappa shape index (κ3) is 4.06. The molecule has 0 amide bonds. The van der Waals surface area contributed by atoms with Gasteiger partial charge in [-0.25, -0.2) is 4.98 Å². The molecule has 1 fully saturated rings. The van der Waals surface area contributed by atoms with E-state index in [1.54, 1.807) is 13.3 Å². The molecule has 2 aromatic carbocycles. The second-order valence-electron chi connectivity index (χ2n) is 6.72. The Morgan fingerprint density at radius 1 is 1.04 bits per heavy atom. The number of likely N-dealkylation sites (N-methyl/N-ethyl adjacent to an activating group) is 1. The molecule has 4 rings (SSSR count). The van der Waals surface area contributed by atoms with Crippen LogP contribution in [0.4, 0.5) is 17.4 Å². The predicted octanol–water partition coefficient (Wildman–Crippen LogP) is 3.85. The van der Waals surface area contributed by atoms with Crippen LogP contribution in [0.15, 0.2) is 59.1 Å². The molecule has 6 nitrogen and oxygen atoms in total. The van der Waals surface area contributed by atoms with Crippen LogP contribution in [0.25, 0.3) is 11.3 Å². The van der Waals surface area contributed by atoms with Crippen molar-refractivity contribution in [1.29, 1.82) is 0 Å². The number of aromatic nitrogens is 1. The summed E-state index contributed by atoms with van der Waals surface area (Å²) in [5.41, 5.74) is 3.13. The first-order valence-corrected chi connectivity index (χ1v) is 9.12. The Bertz CT molecular complexity index is 883. The van der Waals surface area contributed by atoms with Gasteiger partial charge >= 0.3 is 0 Å². The van der Waals surface area contributed by atoms with E-state index < -0.39 is 0 Å². The molecule has 1 aromatic heterocycles. The molecule has 1 aliphatic heterocycles. The van der Waals surface area contributed by atoms with E-state index in [0.717, 1.165) is 43.2 Å². The zero-order valence-electron chi connectivity index (χ0n) is 15.7. The molecule has 1 N–H and O–H groups in total. The molecule has 1 saturated heterocycles. The number of ether oxygens (including phenoxy) is 1. The van der Waals surface area contributed by atoms with Crippen molar-refractivity contribution >= 4 is 17.4 Å². The van der Waals surface area contributed by atoms with Crippen molar-refractivity contribution in [2.45, 2.75) is 0 Å². The highest BCUT2D eigenvalue weighted by Crippen LogP contribution is 2.28. The molecule has 0 aliphatic carbocycles. The second kappa shape index (κ2) is 7.72. The van der Waals surface area contributed by atoms with Gasteiger partial charge in [-0.1, -0.05) is 12.1 Å². The molecule has 2 heterocycles. The van der Waals surface area contributed by atoms with Gasteiger partial charge in [-0.15, -0.1) is 0 Å². The molecule has 0 unspecified atom stereocenters. The third-order valence-electron chi connectivity index (χ3n) is 4.85. The number of nitrogens with one attached hydrogen (secondary N) is 1. The molecule has 27 heavy (non-hydrogen) atoms. The number of piperazine rings is 1. The van der Waals surface area contributed by atoms with Gasteiger partial charge in [0.1, 0.15) is 5.75 Å². The van der Waals surface area contributed by atoms with Gasteiger partial charge in [0.15, 0.2) is 5.76 Å². The Labute approximate surface area is 159 Å². The van der Waals surface area contributed by atoms with Crippen LogP contribution < -0.4 is 15.0 Å². The zero-order valence-corrected chi connectivity index (χ0v) is 15.7. The Balaban J connectivity index is 1.43. The lowest BCUT2D eigenvalue weighted by Gasteiger charge is -2.34. The summed E-state index contributed by atoms with van der Waals surface area (Å²) < 4.78 is 11.1. The quantitative estimate of drug-likeness (QED) is 0.742. The molecular weight excluding hydrogens is 340 g/mol. The maximum absolute atomic E-state index is 5.84.